The number of carbonyl (C=O) groups is 2. The van der Waals surface area contributed by atoms with E-state index in [1.165, 1.54) is 0 Å². The van der Waals surface area contributed by atoms with Crippen LogP contribution in [0.3, 0.4) is 0 Å². The molecular formula is C15H25NO4. The van der Waals surface area contributed by atoms with Gasteiger partial charge in [0.2, 0.25) is 5.91 Å². The van der Waals surface area contributed by atoms with Crippen molar-refractivity contribution in [3.05, 3.63) is 0 Å². The van der Waals surface area contributed by atoms with Crippen LogP contribution in [0.25, 0.3) is 0 Å². The molecule has 0 radical (unpaired) electrons. The molecule has 0 aromatic carbocycles. The minimum atomic E-state index is -0.827. The molecular weight excluding hydrogens is 258 g/mol. The fraction of sp³-hybridized carbons (Fsp3) is 0.867. The van der Waals surface area contributed by atoms with E-state index in [2.05, 4.69) is 0 Å². The van der Waals surface area contributed by atoms with Gasteiger partial charge in [-0.1, -0.05) is 6.92 Å². The Morgan fingerprint density at radius 1 is 1.20 bits per heavy atom. The van der Waals surface area contributed by atoms with Gasteiger partial charge in [0.1, 0.15) is 0 Å². The Balaban J connectivity index is 1.93. The molecule has 1 aliphatic carbocycles. The summed E-state index contributed by atoms with van der Waals surface area (Å²) in [6, 6.07) is 0. The Morgan fingerprint density at radius 2 is 1.80 bits per heavy atom. The summed E-state index contributed by atoms with van der Waals surface area (Å²) in [4.78, 5) is 25.5. The molecule has 1 N–H and O–H groups in total. The third-order valence-electron chi connectivity index (χ3n) is 4.68. The van der Waals surface area contributed by atoms with Gasteiger partial charge in [0.25, 0.3) is 0 Å². The predicted molar refractivity (Wildman–Crippen MR) is 74.2 cm³/mol. The highest BCUT2D eigenvalue weighted by atomic mass is 16.5. The van der Waals surface area contributed by atoms with Crippen LogP contribution >= 0.6 is 0 Å². The number of carboxylic acid groups (broad SMARTS) is 1. The van der Waals surface area contributed by atoms with E-state index in [4.69, 9.17) is 4.74 Å². The van der Waals surface area contributed by atoms with Crippen molar-refractivity contribution in [1.29, 1.82) is 0 Å². The number of ether oxygens (including phenoxy) is 1. The Hall–Kier alpha value is -1.10. The topological polar surface area (TPSA) is 66.8 Å². The Bertz CT molecular complexity index is 365. The van der Waals surface area contributed by atoms with Crippen molar-refractivity contribution >= 4 is 11.9 Å². The van der Waals surface area contributed by atoms with Gasteiger partial charge in [-0.05, 0) is 37.5 Å². The van der Waals surface area contributed by atoms with E-state index in [9.17, 15) is 14.7 Å². The lowest BCUT2D eigenvalue weighted by molar-refractivity contribution is -0.148. The second-order valence-corrected chi connectivity index (χ2v) is 6.40. The average molecular weight is 283 g/mol. The SMILES string of the molecule is CC1C[C@H](C(=O)N(C)CC2CCOCC2)[C@H](C(=O)O)C1. The molecule has 1 aliphatic heterocycles. The van der Waals surface area contributed by atoms with Gasteiger partial charge in [0.15, 0.2) is 0 Å². The van der Waals surface area contributed by atoms with Gasteiger partial charge in [0.05, 0.1) is 11.8 Å². The number of carbonyl (C=O) groups excluding carboxylic acids is 1. The van der Waals surface area contributed by atoms with Crippen molar-refractivity contribution in [2.45, 2.75) is 32.6 Å². The second kappa shape index (κ2) is 6.57. The highest BCUT2D eigenvalue weighted by molar-refractivity contribution is 5.85. The van der Waals surface area contributed by atoms with Crippen LogP contribution in [0.15, 0.2) is 0 Å². The van der Waals surface area contributed by atoms with Crippen molar-refractivity contribution < 1.29 is 19.4 Å². The van der Waals surface area contributed by atoms with Crippen LogP contribution in [0, 0.1) is 23.7 Å². The Morgan fingerprint density at radius 3 is 2.40 bits per heavy atom. The quantitative estimate of drug-likeness (QED) is 0.851. The fourth-order valence-electron chi connectivity index (χ4n) is 3.53. The summed E-state index contributed by atoms with van der Waals surface area (Å²) in [6.07, 6.45) is 3.30. The van der Waals surface area contributed by atoms with Gasteiger partial charge in [-0.25, -0.2) is 0 Å². The normalized spacial score (nSPS) is 31.2. The van der Waals surface area contributed by atoms with Crippen LogP contribution in [-0.2, 0) is 14.3 Å². The maximum Gasteiger partial charge on any atom is 0.307 e. The third kappa shape index (κ3) is 3.51. The van der Waals surface area contributed by atoms with Crippen LogP contribution in [-0.4, -0.2) is 48.7 Å². The molecule has 1 amide bonds. The summed E-state index contributed by atoms with van der Waals surface area (Å²) >= 11 is 0. The van der Waals surface area contributed by atoms with Crippen LogP contribution < -0.4 is 0 Å². The molecule has 1 saturated heterocycles. The molecule has 1 unspecified atom stereocenters. The van der Waals surface area contributed by atoms with E-state index in [0.717, 1.165) is 32.6 Å². The van der Waals surface area contributed by atoms with E-state index >= 15 is 0 Å². The van der Waals surface area contributed by atoms with E-state index in [1.54, 1.807) is 11.9 Å². The first-order chi connectivity index (χ1) is 9.49. The fourth-order valence-corrected chi connectivity index (χ4v) is 3.53. The minimum Gasteiger partial charge on any atom is -0.481 e. The molecule has 1 saturated carbocycles. The Kier molecular flexibility index (Phi) is 5.02. The number of hydrogen-bond donors (Lipinski definition) is 1. The first-order valence-electron chi connectivity index (χ1n) is 7.54. The van der Waals surface area contributed by atoms with Gasteiger partial charge in [-0.15, -0.1) is 0 Å². The van der Waals surface area contributed by atoms with E-state index < -0.39 is 11.9 Å². The lowest BCUT2D eigenvalue weighted by Crippen LogP contribution is -2.40. The number of amides is 1. The zero-order valence-electron chi connectivity index (χ0n) is 12.4. The number of aliphatic carboxylic acids is 1. The number of carboxylic acids is 1. The summed E-state index contributed by atoms with van der Waals surface area (Å²) in [5, 5.41) is 9.27. The monoisotopic (exact) mass is 283 g/mol. The van der Waals surface area contributed by atoms with E-state index in [-0.39, 0.29) is 11.8 Å². The molecule has 0 aromatic heterocycles. The van der Waals surface area contributed by atoms with Crippen LogP contribution in [0.1, 0.15) is 32.6 Å². The van der Waals surface area contributed by atoms with Gasteiger partial charge in [0, 0.05) is 26.8 Å². The summed E-state index contributed by atoms with van der Waals surface area (Å²) in [5.74, 6) is -0.858. The number of hydrogen-bond acceptors (Lipinski definition) is 3. The first-order valence-corrected chi connectivity index (χ1v) is 7.54. The second-order valence-electron chi connectivity index (χ2n) is 6.40. The number of rotatable bonds is 4. The molecule has 2 rings (SSSR count). The smallest absolute Gasteiger partial charge is 0.307 e. The molecule has 114 valence electrons. The van der Waals surface area contributed by atoms with Crippen molar-refractivity contribution in [2.24, 2.45) is 23.7 Å². The Labute approximate surface area is 120 Å². The zero-order chi connectivity index (χ0) is 14.7. The van der Waals surface area contributed by atoms with Gasteiger partial charge < -0.3 is 14.7 Å². The molecule has 0 spiro atoms. The standard InChI is InChI=1S/C15H25NO4/c1-10-7-12(13(8-10)15(18)19)14(17)16(2)9-11-3-5-20-6-4-11/h10-13H,3-9H2,1-2H3,(H,18,19)/t10?,12-,13+/m0/s1. The zero-order valence-corrected chi connectivity index (χ0v) is 12.4. The molecule has 5 nitrogen and oxygen atoms in total. The predicted octanol–water partition coefficient (Wildman–Crippen LogP) is 1.62. The highest BCUT2D eigenvalue weighted by Gasteiger charge is 2.42. The average Bonchev–Trinajstić information content (AvgIpc) is 2.81. The third-order valence-corrected chi connectivity index (χ3v) is 4.68. The van der Waals surface area contributed by atoms with E-state index in [1.807, 2.05) is 6.92 Å². The first kappa shape index (κ1) is 15.3. The molecule has 0 bridgehead atoms. The maximum absolute atomic E-state index is 12.5. The van der Waals surface area contributed by atoms with Crippen molar-refractivity contribution in [1.82, 2.24) is 4.90 Å². The summed E-state index contributed by atoms with van der Waals surface area (Å²) in [7, 11) is 1.81. The van der Waals surface area contributed by atoms with Crippen LogP contribution in [0.4, 0.5) is 0 Å². The van der Waals surface area contributed by atoms with Crippen molar-refractivity contribution in [3.63, 3.8) is 0 Å². The van der Waals surface area contributed by atoms with Gasteiger partial charge >= 0.3 is 5.97 Å². The minimum absolute atomic E-state index is 0.00763. The molecule has 3 atom stereocenters. The van der Waals surface area contributed by atoms with E-state index in [0.29, 0.717) is 24.7 Å². The largest absolute Gasteiger partial charge is 0.481 e. The van der Waals surface area contributed by atoms with Crippen molar-refractivity contribution in [2.75, 3.05) is 26.8 Å². The molecule has 0 aromatic rings. The molecule has 2 fully saturated rings. The van der Waals surface area contributed by atoms with Crippen molar-refractivity contribution in [3.8, 4) is 0 Å². The lowest BCUT2D eigenvalue weighted by Gasteiger charge is -2.29. The summed E-state index contributed by atoms with van der Waals surface area (Å²) in [5.41, 5.74) is 0. The molecule has 5 heteroatoms. The van der Waals surface area contributed by atoms with Gasteiger partial charge in [-0.3, -0.25) is 9.59 Å². The van der Waals surface area contributed by atoms with Crippen LogP contribution in [0.5, 0.6) is 0 Å². The number of nitrogens with zero attached hydrogens (tertiary/aromatic N) is 1. The molecule has 20 heavy (non-hydrogen) atoms. The molecule has 1 heterocycles. The lowest BCUT2D eigenvalue weighted by atomic mass is 9.93. The van der Waals surface area contributed by atoms with Crippen LogP contribution in [0.2, 0.25) is 0 Å². The molecule has 2 aliphatic rings. The highest BCUT2D eigenvalue weighted by Crippen LogP contribution is 2.37. The summed E-state index contributed by atoms with van der Waals surface area (Å²) in [6.45, 7) is 4.29. The summed E-state index contributed by atoms with van der Waals surface area (Å²) < 4.78 is 5.32. The van der Waals surface area contributed by atoms with Gasteiger partial charge in [-0.2, -0.15) is 0 Å². The maximum atomic E-state index is 12.5.